The Labute approximate surface area is 152 Å². The molecule has 2 aliphatic rings. The Morgan fingerprint density at radius 1 is 1.08 bits per heavy atom. The third-order valence-corrected chi connectivity index (χ3v) is 5.12. The van der Waals surface area contributed by atoms with E-state index in [0.717, 1.165) is 34.6 Å². The summed E-state index contributed by atoms with van der Waals surface area (Å²) >= 11 is 0. The maximum Gasteiger partial charge on any atom is 0.334 e. The highest BCUT2D eigenvalue weighted by atomic mass is 16.2. The number of urea groups is 1. The summed E-state index contributed by atoms with van der Waals surface area (Å²) < 4.78 is 0. The van der Waals surface area contributed by atoms with Crippen LogP contribution < -0.4 is 5.32 Å². The quantitative estimate of drug-likeness (QED) is 0.662. The molecule has 138 valence electrons. The smallest absolute Gasteiger partial charge is 0.325 e. The van der Waals surface area contributed by atoms with Crippen molar-refractivity contribution in [1.29, 1.82) is 0 Å². The van der Waals surface area contributed by atoms with E-state index in [9.17, 15) is 19.2 Å². The third kappa shape index (κ3) is 3.47. The normalized spacial score (nSPS) is 23.5. The van der Waals surface area contributed by atoms with Gasteiger partial charge in [-0.15, -0.1) is 0 Å². The average Bonchev–Trinajstić information content (AvgIpc) is 2.81. The number of anilines is 1. The summed E-state index contributed by atoms with van der Waals surface area (Å²) in [6, 6.07) is 6.22. The summed E-state index contributed by atoms with van der Waals surface area (Å²) in [5.74, 6) is -2.10. The molecule has 1 aliphatic carbocycles. The molecule has 0 spiro atoms. The molecular formula is C19H23N3O4. The highest BCUT2D eigenvalue weighted by molar-refractivity contribution is 6.45. The van der Waals surface area contributed by atoms with Crippen molar-refractivity contribution >= 4 is 29.4 Å². The van der Waals surface area contributed by atoms with Crippen LogP contribution in [0.5, 0.6) is 0 Å². The lowest BCUT2D eigenvalue weighted by Crippen LogP contribution is -2.46. The van der Waals surface area contributed by atoms with Gasteiger partial charge in [-0.05, 0) is 37.8 Å². The first-order valence-electron chi connectivity index (χ1n) is 8.94. The van der Waals surface area contributed by atoms with Crippen LogP contribution in [0.2, 0.25) is 0 Å². The predicted octanol–water partition coefficient (Wildman–Crippen LogP) is 2.30. The molecule has 7 heteroatoms. The van der Waals surface area contributed by atoms with Crippen LogP contribution in [0.4, 0.5) is 10.5 Å². The van der Waals surface area contributed by atoms with E-state index in [1.165, 1.54) is 0 Å². The highest BCUT2D eigenvalue weighted by Crippen LogP contribution is 2.31. The first-order chi connectivity index (χ1) is 12.4. The molecule has 7 nitrogen and oxygen atoms in total. The van der Waals surface area contributed by atoms with Gasteiger partial charge < -0.3 is 5.32 Å². The van der Waals surface area contributed by atoms with E-state index in [1.54, 1.807) is 12.1 Å². The molecule has 5 amide bonds. The zero-order valence-corrected chi connectivity index (χ0v) is 15.0. The molecule has 26 heavy (non-hydrogen) atoms. The predicted molar refractivity (Wildman–Crippen MR) is 95.2 cm³/mol. The molecule has 1 aliphatic heterocycles. The molecule has 1 heterocycles. The SMILES string of the molecule is Cc1ccc(NC(=O)CN2C(=O)C(=O)N([C@H]3CCCC[C@@H]3C)C2=O)cc1. The van der Waals surface area contributed by atoms with Crippen LogP contribution in [-0.4, -0.2) is 46.1 Å². The van der Waals surface area contributed by atoms with Gasteiger partial charge in [0.1, 0.15) is 6.54 Å². The maximum atomic E-state index is 12.6. The van der Waals surface area contributed by atoms with Crippen molar-refractivity contribution in [2.75, 3.05) is 11.9 Å². The van der Waals surface area contributed by atoms with Crippen LogP contribution in [0.25, 0.3) is 0 Å². The standard InChI is InChI=1S/C19H23N3O4/c1-12-7-9-14(10-8-12)20-16(23)11-21-17(24)18(25)22(19(21)26)15-6-4-3-5-13(15)2/h7-10,13,15H,3-6,11H2,1-2H3,(H,20,23)/t13-,15-/m0/s1. The number of amides is 5. The van der Waals surface area contributed by atoms with Crippen molar-refractivity contribution in [2.45, 2.75) is 45.6 Å². The Balaban J connectivity index is 1.68. The molecule has 2 atom stereocenters. The van der Waals surface area contributed by atoms with E-state index in [-0.39, 0.29) is 12.0 Å². The molecule has 1 saturated heterocycles. The summed E-state index contributed by atoms with van der Waals surface area (Å²) in [6.07, 6.45) is 3.61. The summed E-state index contributed by atoms with van der Waals surface area (Å²) in [5.41, 5.74) is 1.62. The second-order valence-corrected chi connectivity index (χ2v) is 7.09. The monoisotopic (exact) mass is 357 g/mol. The Bertz CT molecular complexity index is 744. The molecule has 0 radical (unpaired) electrons. The lowest BCUT2D eigenvalue weighted by atomic mass is 9.85. The largest absolute Gasteiger partial charge is 0.334 e. The van der Waals surface area contributed by atoms with Gasteiger partial charge in [-0.25, -0.2) is 9.69 Å². The van der Waals surface area contributed by atoms with Crippen LogP contribution >= 0.6 is 0 Å². The van der Waals surface area contributed by atoms with Crippen molar-refractivity contribution < 1.29 is 19.2 Å². The van der Waals surface area contributed by atoms with Crippen LogP contribution in [0.1, 0.15) is 38.2 Å². The van der Waals surface area contributed by atoms with Crippen LogP contribution in [-0.2, 0) is 14.4 Å². The number of hydrogen-bond acceptors (Lipinski definition) is 4. The fourth-order valence-electron chi connectivity index (χ4n) is 3.62. The van der Waals surface area contributed by atoms with E-state index >= 15 is 0 Å². The topological polar surface area (TPSA) is 86.8 Å². The van der Waals surface area contributed by atoms with Crippen LogP contribution in [0.3, 0.4) is 0 Å². The third-order valence-electron chi connectivity index (χ3n) is 5.12. The molecule has 1 aromatic rings. The van der Waals surface area contributed by atoms with E-state index in [4.69, 9.17) is 0 Å². The molecule has 0 aromatic heterocycles. The molecule has 2 fully saturated rings. The molecule has 3 rings (SSSR count). The van der Waals surface area contributed by atoms with Gasteiger partial charge in [0.25, 0.3) is 0 Å². The molecular weight excluding hydrogens is 334 g/mol. The fourth-order valence-corrected chi connectivity index (χ4v) is 3.62. The minimum absolute atomic E-state index is 0.158. The van der Waals surface area contributed by atoms with E-state index in [1.807, 2.05) is 26.0 Å². The summed E-state index contributed by atoms with van der Waals surface area (Å²) in [6.45, 7) is 3.45. The first kappa shape index (κ1) is 18.1. The number of carbonyl (C=O) groups is 4. The zero-order chi connectivity index (χ0) is 18.8. The van der Waals surface area contributed by atoms with Gasteiger partial charge in [0, 0.05) is 11.7 Å². The van der Waals surface area contributed by atoms with Gasteiger partial charge in [0.2, 0.25) is 5.91 Å². The Morgan fingerprint density at radius 3 is 2.38 bits per heavy atom. The fraction of sp³-hybridized carbons (Fsp3) is 0.474. The summed E-state index contributed by atoms with van der Waals surface area (Å²) in [5, 5.41) is 2.64. The number of hydrogen-bond donors (Lipinski definition) is 1. The van der Waals surface area contributed by atoms with Crippen molar-refractivity contribution in [3.63, 3.8) is 0 Å². The number of aryl methyl sites for hydroxylation is 1. The minimum Gasteiger partial charge on any atom is -0.325 e. The summed E-state index contributed by atoms with van der Waals surface area (Å²) in [4.78, 5) is 51.2. The van der Waals surface area contributed by atoms with Gasteiger partial charge in [0.15, 0.2) is 0 Å². The van der Waals surface area contributed by atoms with Crippen molar-refractivity contribution in [1.82, 2.24) is 9.80 Å². The molecule has 1 N–H and O–H groups in total. The lowest BCUT2D eigenvalue weighted by molar-refractivity contribution is -0.145. The van der Waals surface area contributed by atoms with Crippen LogP contribution in [0.15, 0.2) is 24.3 Å². The number of nitrogens with zero attached hydrogens (tertiary/aromatic N) is 2. The van der Waals surface area contributed by atoms with Gasteiger partial charge in [-0.2, -0.15) is 0 Å². The average molecular weight is 357 g/mol. The molecule has 0 unspecified atom stereocenters. The van der Waals surface area contributed by atoms with Gasteiger partial charge in [0.05, 0.1) is 0 Å². The molecule has 0 bridgehead atoms. The second-order valence-electron chi connectivity index (χ2n) is 7.09. The number of rotatable bonds is 4. The zero-order valence-electron chi connectivity index (χ0n) is 15.0. The number of imide groups is 2. The van der Waals surface area contributed by atoms with Crippen molar-refractivity contribution in [3.8, 4) is 0 Å². The number of benzene rings is 1. The second kappa shape index (κ2) is 7.27. The minimum atomic E-state index is -0.924. The Morgan fingerprint density at radius 2 is 1.73 bits per heavy atom. The Hall–Kier alpha value is -2.70. The molecule has 1 aromatic carbocycles. The van der Waals surface area contributed by atoms with E-state index in [2.05, 4.69) is 5.32 Å². The van der Waals surface area contributed by atoms with Crippen molar-refractivity contribution in [2.24, 2.45) is 5.92 Å². The maximum absolute atomic E-state index is 12.6. The highest BCUT2D eigenvalue weighted by Gasteiger charge is 2.49. The Kier molecular flexibility index (Phi) is 5.06. The number of nitrogens with one attached hydrogen (secondary N) is 1. The molecule has 1 saturated carbocycles. The van der Waals surface area contributed by atoms with Gasteiger partial charge in [-0.3, -0.25) is 19.3 Å². The van der Waals surface area contributed by atoms with E-state index < -0.39 is 30.3 Å². The van der Waals surface area contributed by atoms with Crippen LogP contribution in [0, 0.1) is 12.8 Å². The van der Waals surface area contributed by atoms with Gasteiger partial charge >= 0.3 is 17.8 Å². The summed E-state index contributed by atoms with van der Waals surface area (Å²) in [7, 11) is 0. The number of carbonyl (C=O) groups excluding carboxylic acids is 4. The first-order valence-corrected chi connectivity index (χ1v) is 8.94. The van der Waals surface area contributed by atoms with Crippen molar-refractivity contribution in [3.05, 3.63) is 29.8 Å². The van der Waals surface area contributed by atoms with Gasteiger partial charge in [-0.1, -0.05) is 37.5 Å². The lowest BCUT2D eigenvalue weighted by Gasteiger charge is -2.34. The van der Waals surface area contributed by atoms with E-state index in [0.29, 0.717) is 12.1 Å².